The molecule has 2 aromatic rings. The molecule has 0 aromatic heterocycles. The first-order valence-corrected chi connectivity index (χ1v) is 7.96. The second-order valence-corrected chi connectivity index (χ2v) is 6.62. The molecule has 0 aliphatic rings. The first-order valence-electron chi connectivity index (χ1n) is 6.10. The van der Waals surface area contributed by atoms with Crippen LogP contribution in [0.2, 0.25) is 5.02 Å². The lowest BCUT2D eigenvalue weighted by Gasteiger charge is -2.11. The molecule has 0 fully saturated rings. The van der Waals surface area contributed by atoms with Crippen LogP contribution in [0.1, 0.15) is 11.1 Å². The van der Waals surface area contributed by atoms with E-state index in [2.05, 4.69) is 4.72 Å². The highest BCUT2D eigenvalue weighted by Crippen LogP contribution is 2.35. The summed E-state index contributed by atoms with van der Waals surface area (Å²) in [6.45, 7) is -0.266. The summed E-state index contributed by atoms with van der Waals surface area (Å²) in [5.74, 6) is 0. The Balaban J connectivity index is 2.19. The van der Waals surface area contributed by atoms with Crippen LogP contribution in [-0.4, -0.2) is 8.42 Å². The summed E-state index contributed by atoms with van der Waals surface area (Å²) < 4.78 is 64.5. The van der Waals surface area contributed by atoms with E-state index in [1.165, 1.54) is 18.2 Å². The van der Waals surface area contributed by atoms with E-state index in [0.29, 0.717) is 0 Å². The molecule has 8 heteroatoms. The zero-order valence-corrected chi connectivity index (χ0v) is 12.6. The minimum absolute atomic E-state index is 0.0417. The fraction of sp³-hybridized carbons (Fsp3) is 0.143. The lowest BCUT2D eigenvalue weighted by atomic mass is 10.1. The Labute approximate surface area is 130 Å². The van der Waals surface area contributed by atoms with Gasteiger partial charge in [0.2, 0.25) is 10.0 Å². The van der Waals surface area contributed by atoms with Gasteiger partial charge in [-0.1, -0.05) is 35.9 Å². The molecule has 2 rings (SSSR count). The fourth-order valence-corrected chi connectivity index (χ4v) is 3.02. The van der Waals surface area contributed by atoms with Crippen molar-refractivity contribution in [1.82, 2.24) is 4.72 Å². The van der Waals surface area contributed by atoms with Crippen molar-refractivity contribution in [3.63, 3.8) is 0 Å². The molecule has 3 nitrogen and oxygen atoms in total. The molecule has 0 saturated carbocycles. The SMILES string of the molecule is O=S(=O)(NCc1ccc(Cl)c(C(F)(F)F)c1)c1ccccc1. The molecule has 0 atom stereocenters. The van der Waals surface area contributed by atoms with Gasteiger partial charge in [0, 0.05) is 6.54 Å². The summed E-state index contributed by atoms with van der Waals surface area (Å²) in [6, 6.07) is 10.8. The molecule has 0 unspecified atom stereocenters. The number of hydrogen-bond acceptors (Lipinski definition) is 2. The van der Waals surface area contributed by atoms with Crippen molar-refractivity contribution in [2.45, 2.75) is 17.6 Å². The maximum atomic E-state index is 12.7. The van der Waals surface area contributed by atoms with Gasteiger partial charge in [0.1, 0.15) is 0 Å². The summed E-state index contributed by atoms with van der Waals surface area (Å²) in [5.41, 5.74) is -0.832. The molecule has 0 spiro atoms. The highest BCUT2D eigenvalue weighted by molar-refractivity contribution is 7.89. The van der Waals surface area contributed by atoms with E-state index in [1.807, 2.05) is 0 Å². The third kappa shape index (κ3) is 4.00. The Morgan fingerprint density at radius 3 is 2.27 bits per heavy atom. The summed E-state index contributed by atoms with van der Waals surface area (Å²) in [4.78, 5) is 0.0417. The van der Waals surface area contributed by atoms with Crippen molar-refractivity contribution in [2.24, 2.45) is 0 Å². The predicted molar refractivity (Wildman–Crippen MR) is 76.9 cm³/mol. The summed E-state index contributed by atoms with van der Waals surface area (Å²) in [5, 5.41) is -0.429. The molecule has 2 aromatic carbocycles. The average molecular weight is 350 g/mol. The van der Waals surface area contributed by atoms with Crippen molar-refractivity contribution in [3.05, 3.63) is 64.7 Å². The van der Waals surface area contributed by atoms with Crippen LogP contribution in [0.4, 0.5) is 13.2 Å². The number of sulfonamides is 1. The highest BCUT2D eigenvalue weighted by Gasteiger charge is 2.33. The van der Waals surface area contributed by atoms with Gasteiger partial charge in [-0.2, -0.15) is 13.2 Å². The second-order valence-electron chi connectivity index (χ2n) is 4.45. The molecule has 118 valence electrons. The molecule has 0 amide bonds. The van der Waals surface area contributed by atoms with Gasteiger partial charge in [0.25, 0.3) is 0 Å². The molecule has 0 radical (unpaired) electrons. The van der Waals surface area contributed by atoms with Crippen LogP contribution in [-0.2, 0) is 22.7 Å². The molecule has 1 N–H and O–H groups in total. The molecule has 0 bridgehead atoms. The molecular weight excluding hydrogens is 339 g/mol. The Bertz CT molecular complexity index is 761. The minimum Gasteiger partial charge on any atom is -0.207 e. The van der Waals surface area contributed by atoms with Crippen LogP contribution in [0.3, 0.4) is 0 Å². The van der Waals surface area contributed by atoms with Crippen molar-refractivity contribution < 1.29 is 21.6 Å². The standard InChI is InChI=1S/C14H11ClF3NO2S/c15-13-7-6-10(8-12(13)14(16,17)18)9-19-22(20,21)11-4-2-1-3-5-11/h1-8,19H,9H2. The number of nitrogens with one attached hydrogen (secondary N) is 1. The van der Waals surface area contributed by atoms with Gasteiger partial charge in [-0.25, -0.2) is 13.1 Å². The van der Waals surface area contributed by atoms with E-state index >= 15 is 0 Å². The average Bonchev–Trinajstić information content (AvgIpc) is 2.46. The van der Waals surface area contributed by atoms with Crippen LogP contribution < -0.4 is 4.72 Å². The lowest BCUT2D eigenvalue weighted by Crippen LogP contribution is -2.23. The van der Waals surface area contributed by atoms with Crippen LogP contribution in [0.25, 0.3) is 0 Å². The van der Waals surface area contributed by atoms with E-state index in [-0.39, 0.29) is 17.0 Å². The Hall–Kier alpha value is -1.57. The number of benzene rings is 2. The van der Waals surface area contributed by atoms with Crippen molar-refractivity contribution in [2.75, 3.05) is 0 Å². The monoisotopic (exact) mass is 349 g/mol. The van der Waals surface area contributed by atoms with Crippen LogP contribution in [0, 0.1) is 0 Å². The van der Waals surface area contributed by atoms with Gasteiger partial charge in [0.15, 0.2) is 0 Å². The third-order valence-corrected chi connectivity index (χ3v) is 4.60. The van der Waals surface area contributed by atoms with Crippen molar-refractivity contribution in [1.29, 1.82) is 0 Å². The van der Waals surface area contributed by atoms with Crippen LogP contribution in [0.5, 0.6) is 0 Å². The predicted octanol–water partition coefficient (Wildman–Crippen LogP) is 3.84. The first kappa shape index (κ1) is 16.8. The maximum absolute atomic E-state index is 12.7. The second kappa shape index (κ2) is 6.28. The van der Waals surface area contributed by atoms with E-state index in [1.54, 1.807) is 18.2 Å². The molecule has 0 aliphatic carbocycles. The van der Waals surface area contributed by atoms with Gasteiger partial charge >= 0.3 is 6.18 Å². The van der Waals surface area contributed by atoms with Crippen molar-refractivity contribution in [3.8, 4) is 0 Å². The summed E-state index contributed by atoms with van der Waals surface area (Å²) in [7, 11) is -3.78. The number of alkyl halides is 3. The van der Waals surface area contributed by atoms with Crippen molar-refractivity contribution >= 4 is 21.6 Å². The molecule has 0 saturated heterocycles. The molecule has 0 aliphatic heterocycles. The smallest absolute Gasteiger partial charge is 0.207 e. The number of rotatable bonds is 4. The van der Waals surface area contributed by atoms with E-state index in [9.17, 15) is 21.6 Å². The number of hydrogen-bond donors (Lipinski definition) is 1. The number of halogens is 4. The van der Waals surface area contributed by atoms with Crippen LogP contribution in [0.15, 0.2) is 53.4 Å². The quantitative estimate of drug-likeness (QED) is 0.911. The third-order valence-electron chi connectivity index (χ3n) is 2.86. The van der Waals surface area contributed by atoms with Gasteiger partial charge in [0.05, 0.1) is 15.5 Å². The van der Waals surface area contributed by atoms with E-state index in [0.717, 1.165) is 12.1 Å². The highest BCUT2D eigenvalue weighted by atomic mass is 35.5. The van der Waals surface area contributed by atoms with E-state index in [4.69, 9.17) is 11.6 Å². The normalized spacial score (nSPS) is 12.4. The Morgan fingerprint density at radius 1 is 1.05 bits per heavy atom. The van der Waals surface area contributed by atoms with E-state index < -0.39 is 26.8 Å². The maximum Gasteiger partial charge on any atom is 0.417 e. The minimum atomic E-state index is -4.59. The summed E-state index contributed by atoms with van der Waals surface area (Å²) in [6.07, 6.45) is -4.59. The summed E-state index contributed by atoms with van der Waals surface area (Å²) >= 11 is 5.51. The van der Waals surface area contributed by atoms with Crippen LogP contribution >= 0.6 is 11.6 Å². The zero-order chi connectivity index (χ0) is 16.4. The Morgan fingerprint density at radius 2 is 1.68 bits per heavy atom. The van der Waals surface area contributed by atoms with Gasteiger partial charge in [-0.15, -0.1) is 0 Å². The lowest BCUT2D eigenvalue weighted by molar-refractivity contribution is -0.137. The van der Waals surface area contributed by atoms with Gasteiger partial charge in [-0.05, 0) is 29.8 Å². The molecule has 0 heterocycles. The Kier molecular flexibility index (Phi) is 4.79. The topological polar surface area (TPSA) is 46.2 Å². The van der Waals surface area contributed by atoms with Gasteiger partial charge < -0.3 is 0 Å². The van der Waals surface area contributed by atoms with Gasteiger partial charge in [-0.3, -0.25) is 0 Å². The largest absolute Gasteiger partial charge is 0.417 e. The fourth-order valence-electron chi connectivity index (χ4n) is 1.76. The zero-order valence-electron chi connectivity index (χ0n) is 11.1. The first-order chi connectivity index (χ1) is 10.2. The molecular formula is C14H11ClF3NO2S. The molecule has 22 heavy (non-hydrogen) atoms.